The molecule has 1 aliphatic carbocycles. The molecule has 2 N–H and O–H groups in total. The second-order valence-electron chi connectivity index (χ2n) is 5.41. The Labute approximate surface area is 80.7 Å². The third-order valence-electron chi connectivity index (χ3n) is 3.55. The molecule has 2 aliphatic rings. The van der Waals surface area contributed by atoms with E-state index in [0.717, 1.165) is 44.2 Å². The highest BCUT2D eigenvalue weighted by Gasteiger charge is 2.45. The van der Waals surface area contributed by atoms with Gasteiger partial charge in [0, 0.05) is 0 Å². The molecule has 1 aliphatic heterocycles. The average Bonchev–Trinajstić information content (AvgIpc) is 2.41. The molecule has 1 heterocycles. The van der Waals surface area contributed by atoms with Gasteiger partial charge in [0.15, 0.2) is 0 Å². The summed E-state index contributed by atoms with van der Waals surface area (Å²) in [5.74, 6) is 2.13. The lowest BCUT2D eigenvalue weighted by molar-refractivity contribution is 0.0191. The van der Waals surface area contributed by atoms with Gasteiger partial charge in [-0.3, -0.25) is 0 Å². The van der Waals surface area contributed by atoms with Crippen molar-refractivity contribution in [2.45, 2.75) is 38.7 Å². The van der Waals surface area contributed by atoms with Crippen molar-refractivity contribution >= 4 is 0 Å². The van der Waals surface area contributed by atoms with E-state index in [1.165, 1.54) is 0 Å². The Morgan fingerprint density at radius 1 is 1.31 bits per heavy atom. The van der Waals surface area contributed by atoms with Crippen LogP contribution in [0.25, 0.3) is 0 Å². The Hall–Kier alpha value is -0.0800. The lowest BCUT2D eigenvalue weighted by Gasteiger charge is -2.25. The van der Waals surface area contributed by atoms with Gasteiger partial charge < -0.3 is 10.4 Å². The van der Waals surface area contributed by atoms with E-state index in [4.69, 9.17) is 0 Å². The zero-order chi connectivity index (χ0) is 9.47. The van der Waals surface area contributed by atoms with Crippen LogP contribution in [0.15, 0.2) is 0 Å². The summed E-state index contributed by atoms with van der Waals surface area (Å²) >= 11 is 0. The van der Waals surface area contributed by atoms with Crippen LogP contribution in [0, 0.1) is 17.8 Å². The van der Waals surface area contributed by atoms with Gasteiger partial charge in [-0.15, -0.1) is 0 Å². The summed E-state index contributed by atoms with van der Waals surface area (Å²) in [5.41, 5.74) is -0.328. The van der Waals surface area contributed by atoms with E-state index in [1.807, 2.05) is 0 Å². The molecule has 0 spiro atoms. The molecule has 0 bridgehead atoms. The van der Waals surface area contributed by atoms with Crippen molar-refractivity contribution in [1.82, 2.24) is 5.32 Å². The van der Waals surface area contributed by atoms with Crippen LogP contribution in [0.5, 0.6) is 0 Å². The minimum Gasteiger partial charge on any atom is -0.390 e. The first kappa shape index (κ1) is 9.47. The molecule has 2 unspecified atom stereocenters. The molecular formula is C11H21NO. The van der Waals surface area contributed by atoms with Gasteiger partial charge >= 0.3 is 0 Å². The van der Waals surface area contributed by atoms with E-state index < -0.39 is 0 Å². The minimum atomic E-state index is -0.328. The number of hydrogen-bond acceptors (Lipinski definition) is 2. The van der Waals surface area contributed by atoms with E-state index in [0.29, 0.717) is 5.92 Å². The van der Waals surface area contributed by atoms with Crippen LogP contribution >= 0.6 is 0 Å². The van der Waals surface area contributed by atoms with E-state index >= 15 is 0 Å². The first-order valence-electron chi connectivity index (χ1n) is 5.52. The first-order chi connectivity index (χ1) is 6.09. The van der Waals surface area contributed by atoms with Crippen LogP contribution in [0.4, 0.5) is 0 Å². The van der Waals surface area contributed by atoms with Gasteiger partial charge in [-0.1, -0.05) is 13.8 Å². The van der Waals surface area contributed by atoms with Crippen molar-refractivity contribution in [1.29, 1.82) is 0 Å². The highest BCUT2D eigenvalue weighted by atomic mass is 16.3. The van der Waals surface area contributed by atoms with Crippen LogP contribution in [0.2, 0.25) is 0 Å². The van der Waals surface area contributed by atoms with Crippen molar-refractivity contribution in [3.05, 3.63) is 0 Å². The second-order valence-corrected chi connectivity index (χ2v) is 5.41. The molecule has 1 saturated carbocycles. The Morgan fingerprint density at radius 2 is 1.85 bits per heavy atom. The zero-order valence-corrected chi connectivity index (χ0v) is 8.71. The molecule has 2 fully saturated rings. The zero-order valence-electron chi connectivity index (χ0n) is 8.71. The van der Waals surface area contributed by atoms with Gasteiger partial charge in [-0.05, 0) is 50.1 Å². The molecule has 0 aromatic carbocycles. The fourth-order valence-corrected chi connectivity index (χ4v) is 3.25. The number of nitrogens with one attached hydrogen (secondary N) is 1. The predicted octanol–water partition coefficient (Wildman–Crippen LogP) is 1.39. The largest absolute Gasteiger partial charge is 0.390 e. The Morgan fingerprint density at radius 3 is 2.31 bits per heavy atom. The fourth-order valence-electron chi connectivity index (χ4n) is 3.25. The molecule has 0 aromatic rings. The Bertz CT molecular complexity index is 179. The summed E-state index contributed by atoms with van der Waals surface area (Å²) in [7, 11) is 0. The number of rotatable bonds is 2. The smallest absolute Gasteiger partial charge is 0.0656 e. The monoisotopic (exact) mass is 183 g/mol. The normalized spacial score (nSPS) is 44.3. The maximum Gasteiger partial charge on any atom is 0.0656 e. The fraction of sp³-hybridized carbons (Fsp3) is 1.00. The Balaban J connectivity index is 1.96. The molecule has 0 amide bonds. The quantitative estimate of drug-likeness (QED) is 0.678. The van der Waals surface area contributed by atoms with E-state index in [2.05, 4.69) is 19.2 Å². The van der Waals surface area contributed by atoms with Crippen LogP contribution in [-0.4, -0.2) is 23.8 Å². The lowest BCUT2D eigenvalue weighted by Crippen LogP contribution is -2.29. The maximum atomic E-state index is 10.3. The molecule has 0 aromatic heterocycles. The second kappa shape index (κ2) is 3.25. The molecule has 13 heavy (non-hydrogen) atoms. The first-order valence-corrected chi connectivity index (χ1v) is 5.52. The van der Waals surface area contributed by atoms with Crippen molar-refractivity contribution in [2.75, 3.05) is 13.1 Å². The third kappa shape index (κ3) is 1.89. The topological polar surface area (TPSA) is 32.3 Å². The summed E-state index contributed by atoms with van der Waals surface area (Å²) < 4.78 is 0. The third-order valence-corrected chi connectivity index (χ3v) is 3.55. The SMILES string of the molecule is CC(C)CC1(O)CC2CNCC2C1. The van der Waals surface area contributed by atoms with Gasteiger partial charge in [0.1, 0.15) is 0 Å². The van der Waals surface area contributed by atoms with Crippen LogP contribution in [-0.2, 0) is 0 Å². The molecule has 2 heteroatoms. The van der Waals surface area contributed by atoms with Crippen LogP contribution < -0.4 is 5.32 Å². The van der Waals surface area contributed by atoms with Crippen molar-refractivity contribution in [3.63, 3.8) is 0 Å². The van der Waals surface area contributed by atoms with Crippen molar-refractivity contribution in [2.24, 2.45) is 17.8 Å². The van der Waals surface area contributed by atoms with Gasteiger partial charge in [0.05, 0.1) is 5.60 Å². The molecule has 2 nitrogen and oxygen atoms in total. The summed E-state index contributed by atoms with van der Waals surface area (Å²) in [6.45, 7) is 6.66. The predicted molar refractivity (Wildman–Crippen MR) is 53.5 cm³/mol. The highest BCUT2D eigenvalue weighted by molar-refractivity contribution is 4.99. The van der Waals surface area contributed by atoms with Gasteiger partial charge in [0.2, 0.25) is 0 Å². The highest BCUT2D eigenvalue weighted by Crippen LogP contribution is 2.44. The number of hydrogen-bond donors (Lipinski definition) is 2. The standard InChI is InChI=1S/C11H21NO/c1-8(2)3-11(13)4-9-6-12-7-10(9)5-11/h8-10,12-13H,3-7H2,1-2H3. The number of fused-ring (bicyclic) bond motifs is 1. The van der Waals surface area contributed by atoms with Crippen LogP contribution in [0.3, 0.4) is 0 Å². The average molecular weight is 183 g/mol. The summed E-state index contributed by atoms with van der Waals surface area (Å²) in [6.07, 6.45) is 3.05. The minimum absolute atomic E-state index is 0.328. The molecule has 76 valence electrons. The number of aliphatic hydroxyl groups is 1. The van der Waals surface area contributed by atoms with Gasteiger partial charge in [-0.2, -0.15) is 0 Å². The van der Waals surface area contributed by atoms with E-state index in [1.54, 1.807) is 0 Å². The molecule has 2 atom stereocenters. The summed E-state index contributed by atoms with van der Waals surface area (Å²) in [5, 5.41) is 13.7. The molecule has 2 rings (SSSR count). The maximum absolute atomic E-state index is 10.3. The summed E-state index contributed by atoms with van der Waals surface area (Å²) in [6, 6.07) is 0. The van der Waals surface area contributed by atoms with Crippen molar-refractivity contribution < 1.29 is 5.11 Å². The van der Waals surface area contributed by atoms with E-state index in [9.17, 15) is 5.11 Å². The molecule has 0 radical (unpaired) electrons. The molecule has 1 saturated heterocycles. The summed E-state index contributed by atoms with van der Waals surface area (Å²) in [4.78, 5) is 0. The molecular weight excluding hydrogens is 162 g/mol. The van der Waals surface area contributed by atoms with E-state index in [-0.39, 0.29) is 5.60 Å². The van der Waals surface area contributed by atoms with Gasteiger partial charge in [0.25, 0.3) is 0 Å². The van der Waals surface area contributed by atoms with Crippen molar-refractivity contribution in [3.8, 4) is 0 Å². The van der Waals surface area contributed by atoms with Gasteiger partial charge in [-0.25, -0.2) is 0 Å². The Kier molecular flexibility index (Phi) is 2.37. The van der Waals surface area contributed by atoms with Crippen LogP contribution in [0.1, 0.15) is 33.1 Å². The lowest BCUT2D eigenvalue weighted by atomic mass is 9.89.